The zero-order valence-electron chi connectivity index (χ0n) is 12.6. The Morgan fingerprint density at radius 2 is 1.83 bits per heavy atom. The van der Waals surface area contributed by atoms with Crippen LogP contribution in [0.2, 0.25) is 0 Å². The molecule has 0 atom stereocenters. The van der Waals surface area contributed by atoms with E-state index in [0.29, 0.717) is 22.9 Å². The maximum Gasteiger partial charge on any atom is 0.306 e. The topological polar surface area (TPSA) is 84.9 Å². The summed E-state index contributed by atoms with van der Waals surface area (Å²) in [6, 6.07) is 14.1. The quantitative estimate of drug-likeness (QED) is 0.819. The van der Waals surface area contributed by atoms with Gasteiger partial charge in [0.2, 0.25) is 5.91 Å². The number of benzene rings is 2. The number of nitrogens with one attached hydrogen (secondary N) is 1. The Balaban J connectivity index is 2.16. The maximum atomic E-state index is 11.3. The zero-order valence-corrected chi connectivity index (χ0v) is 12.6. The van der Waals surface area contributed by atoms with Crippen molar-refractivity contribution >= 4 is 17.6 Å². The number of hydrogen-bond donors (Lipinski definition) is 2. The molecule has 2 aromatic rings. The molecule has 0 heterocycles. The van der Waals surface area contributed by atoms with Gasteiger partial charge in [0.25, 0.3) is 0 Å². The van der Waals surface area contributed by atoms with Gasteiger partial charge in [-0.05, 0) is 24.3 Å². The molecule has 0 aliphatic heterocycles. The van der Waals surface area contributed by atoms with E-state index in [1.54, 1.807) is 30.3 Å². The summed E-state index contributed by atoms with van der Waals surface area (Å²) in [6.45, 7) is 1.44. The normalized spacial score (nSPS) is 9.96. The highest BCUT2D eigenvalue weighted by Crippen LogP contribution is 2.33. The first-order valence-corrected chi connectivity index (χ1v) is 7.04. The van der Waals surface area contributed by atoms with E-state index in [1.165, 1.54) is 6.92 Å². The van der Waals surface area contributed by atoms with Gasteiger partial charge in [-0.3, -0.25) is 9.59 Å². The molecule has 0 saturated heterocycles. The monoisotopic (exact) mass is 315 g/mol. The summed E-state index contributed by atoms with van der Waals surface area (Å²) in [7, 11) is 0. The zero-order chi connectivity index (χ0) is 16.7. The fraction of sp³-hybridized carbons (Fsp3) is 0.176. The van der Waals surface area contributed by atoms with Crippen LogP contribution in [-0.4, -0.2) is 23.6 Å². The fourth-order valence-corrected chi connectivity index (χ4v) is 1.85. The largest absolute Gasteiger partial charge is 0.493 e. The number of carbonyl (C=O) groups excluding carboxylic acids is 1. The van der Waals surface area contributed by atoms with Crippen LogP contribution in [0.4, 0.5) is 5.69 Å². The van der Waals surface area contributed by atoms with Gasteiger partial charge < -0.3 is 19.9 Å². The Morgan fingerprint density at radius 3 is 2.48 bits per heavy atom. The van der Waals surface area contributed by atoms with Crippen molar-refractivity contribution in [2.75, 3.05) is 11.9 Å². The molecule has 0 radical (unpaired) electrons. The minimum Gasteiger partial charge on any atom is -0.493 e. The second kappa shape index (κ2) is 7.84. The van der Waals surface area contributed by atoms with Crippen LogP contribution in [-0.2, 0) is 9.59 Å². The number of carboxylic acid groups (broad SMARTS) is 1. The molecule has 0 aliphatic carbocycles. The first-order valence-electron chi connectivity index (χ1n) is 7.04. The summed E-state index contributed by atoms with van der Waals surface area (Å²) in [4.78, 5) is 21.8. The van der Waals surface area contributed by atoms with Crippen molar-refractivity contribution < 1.29 is 24.2 Å². The van der Waals surface area contributed by atoms with Gasteiger partial charge in [0.05, 0.1) is 18.7 Å². The van der Waals surface area contributed by atoms with E-state index in [-0.39, 0.29) is 18.9 Å². The molecular weight excluding hydrogens is 298 g/mol. The fourth-order valence-electron chi connectivity index (χ4n) is 1.85. The van der Waals surface area contributed by atoms with Crippen molar-refractivity contribution in [1.82, 2.24) is 0 Å². The predicted octanol–water partition coefficient (Wildman–Crippen LogP) is 3.29. The highest BCUT2D eigenvalue weighted by atomic mass is 16.5. The van der Waals surface area contributed by atoms with Gasteiger partial charge in [-0.1, -0.05) is 18.2 Å². The van der Waals surface area contributed by atoms with Crippen molar-refractivity contribution in [3.63, 3.8) is 0 Å². The first-order chi connectivity index (χ1) is 11.0. The molecule has 0 bridgehead atoms. The molecule has 0 fully saturated rings. The summed E-state index contributed by atoms with van der Waals surface area (Å²) in [6.07, 6.45) is -0.0995. The first kappa shape index (κ1) is 16.4. The Hall–Kier alpha value is -3.02. The highest BCUT2D eigenvalue weighted by molar-refractivity contribution is 5.90. The Kier molecular flexibility index (Phi) is 5.57. The van der Waals surface area contributed by atoms with E-state index < -0.39 is 5.97 Å². The summed E-state index contributed by atoms with van der Waals surface area (Å²) >= 11 is 0. The molecule has 23 heavy (non-hydrogen) atoms. The summed E-state index contributed by atoms with van der Waals surface area (Å²) in [5, 5.41) is 11.3. The lowest BCUT2D eigenvalue weighted by Gasteiger charge is -2.13. The molecule has 2 rings (SSSR count). The number of rotatable bonds is 7. The average Bonchev–Trinajstić information content (AvgIpc) is 2.50. The van der Waals surface area contributed by atoms with Gasteiger partial charge in [0.1, 0.15) is 11.5 Å². The van der Waals surface area contributed by atoms with Gasteiger partial charge >= 0.3 is 5.97 Å². The van der Waals surface area contributed by atoms with Crippen LogP contribution in [0.3, 0.4) is 0 Å². The van der Waals surface area contributed by atoms with Crippen LogP contribution < -0.4 is 14.8 Å². The van der Waals surface area contributed by atoms with Crippen molar-refractivity contribution in [3.8, 4) is 17.2 Å². The lowest BCUT2D eigenvalue weighted by atomic mass is 10.2. The lowest BCUT2D eigenvalue weighted by molar-refractivity contribution is -0.137. The molecule has 6 heteroatoms. The van der Waals surface area contributed by atoms with Crippen molar-refractivity contribution in [2.24, 2.45) is 0 Å². The number of aliphatic carboxylic acids is 1. The smallest absolute Gasteiger partial charge is 0.306 e. The van der Waals surface area contributed by atoms with E-state index >= 15 is 0 Å². The lowest BCUT2D eigenvalue weighted by Crippen LogP contribution is -2.08. The van der Waals surface area contributed by atoms with Gasteiger partial charge in [0, 0.05) is 13.0 Å². The Morgan fingerprint density at radius 1 is 1.09 bits per heavy atom. The molecule has 0 unspecified atom stereocenters. The Labute approximate surface area is 133 Å². The highest BCUT2D eigenvalue weighted by Gasteiger charge is 2.09. The van der Waals surface area contributed by atoms with E-state index in [9.17, 15) is 9.59 Å². The van der Waals surface area contributed by atoms with Crippen molar-refractivity contribution in [2.45, 2.75) is 13.3 Å². The molecule has 6 nitrogen and oxygen atoms in total. The summed E-state index contributed by atoms with van der Waals surface area (Å²) < 4.78 is 11.1. The minimum atomic E-state index is -0.934. The van der Waals surface area contributed by atoms with E-state index in [2.05, 4.69) is 5.32 Å². The Bertz CT molecular complexity index is 685. The number of para-hydroxylation sites is 1. The van der Waals surface area contributed by atoms with Crippen LogP contribution in [0.5, 0.6) is 17.2 Å². The predicted molar refractivity (Wildman–Crippen MR) is 85.0 cm³/mol. The van der Waals surface area contributed by atoms with Crippen molar-refractivity contribution in [1.29, 1.82) is 0 Å². The van der Waals surface area contributed by atoms with Crippen molar-refractivity contribution in [3.05, 3.63) is 48.5 Å². The third-order valence-corrected chi connectivity index (χ3v) is 2.82. The van der Waals surface area contributed by atoms with Crippen LogP contribution in [0.15, 0.2) is 48.5 Å². The molecule has 120 valence electrons. The number of amides is 1. The minimum absolute atomic E-state index is 0.0493. The SMILES string of the molecule is CC(=O)Nc1cc(OCCC(=O)O)ccc1Oc1ccccc1. The standard InChI is InChI=1S/C17H17NO5/c1-12(19)18-15-11-14(22-10-9-17(20)21)7-8-16(15)23-13-5-3-2-4-6-13/h2-8,11H,9-10H2,1H3,(H,18,19)(H,20,21). The molecule has 0 aromatic heterocycles. The van der Waals surface area contributed by atoms with E-state index in [1.807, 2.05) is 18.2 Å². The van der Waals surface area contributed by atoms with Crippen LogP contribution in [0, 0.1) is 0 Å². The average molecular weight is 315 g/mol. The number of ether oxygens (including phenoxy) is 2. The summed E-state index contributed by atoms with van der Waals surface area (Å²) in [5.41, 5.74) is 0.453. The molecule has 2 N–H and O–H groups in total. The summed E-state index contributed by atoms with van der Waals surface area (Å²) in [5.74, 6) is 0.382. The maximum absolute atomic E-state index is 11.3. The molecule has 0 saturated carbocycles. The van der Waals surface area contributed by atoms with E-state index in [4.69, 9.17) is 14.6 Å². The van der Waals surface area contributed by atoms with Crippen LogP contribution >= 0.6 is 0 Å². The number of anilines is 1. The number of carbonyl (C=O) groups is 2. The van der Waals surface area contributed by atoms with Gasteiger partial charge in [-0.25, -0.2) is 0 Å². The second-order valence-corrected chi connectivity index (χ2v) is 4.75. The van der Waals surface area contributed by atoms with E-state index in [0.717, 1.165) is 0 Å². The molecule has 0 spiro atoms. The van der Waals surface area contributed by atoms with Gasteiger partial charge in [-0.2, -0.15) is 0 Å². The molecule has 1 amide bonds. The van der Waals surface area contributed by atoms with Gasteiger partial charge in [0.15, 0.2) is 5.75 Å². The number of hydrogen-bond acceptors (Lipinski definition) is 4. The molecule has 0 aliphatic rings. The molecular formula is C17H17NO5. The molecule has 2 aromatic carbocycles. The van der Waals surface area contributed by atoms with Crippen LogP contribution in [0.25, 0.3) is 0 Å². The number of carboxylic acids is 1. The van der Waals surface area contributed by atoms with Crippen LogP contribution in [0.1, 0.15) is 13.3 Å². The second-order valence-electron chi connectivity index (χ2n) is 4.75. The van der Waals surface area contributed by atoms with Gasteiger partial charge in [-0.15, -0.1) is 0 Å². The third-order valence-electron chi connectivity index (χ3n) is 2.82. The third kappa shape index (κ3) is 5.35.